The molecule has 0 N–H and O–H groups in total. The SMILES string of the molecule is CCc1nccn1CCN1CCN(C(=O)Cc2cccc(OC)c2)CC1. The van der Waals surface area contributed by atoms with Crippen LogP contribution in [0.5, 0.6) is 5.75 Å². The Balaban J connectivity index is 1.44. The van der Waals surface area contributed by atoms with Gasteiger partial charge in [-0.3, -0.25) is 9.69 Å². The molecule has 26 heavy (non-hydrogen) atoms. The fraction of sp³-hybridized carbons (Fsp3) is 0.500. The normalized spacial score (nSPS) is 15.2. The molecule has 0 radical (unpaired) electrons. The molecule has 0 unspecified atom stereocenters. The van der Waals surface area contributed by atoms with E-state index in [4.69, 9.17) is 4.74 Å². The molecule has 0 aliphatic carbocycles. The van der Waals surface area contributed by atoms with Gasteiger partial charge >= 0.3 is 0 Å². The number of aryl methyl sites for hydroxylation is 1. The maximum absolute atomic E-state index is 12.6. The third-order valence-corrected chi connectivity index (χ3v) is 4.99. The van der Waals surface area contributed by atoms with Crippen molar-refractivity contribution in [3.05, 3.63) is 48.0 Å². The maximum atomic E-state index is 12.6. The van der Waals surface area contributed by atoms with Crippen LogP contribution in [0, 0.1) is 0 Å². The quantitative estimate of drug-likeness (QED) is 0.760. The minimum Gasteiger partial charge on any atom is -0.497 e. The van der Waals surface area contributed by atoms with Crippen LogP contribution < -0.4 is 4.74 Å². The number of benzene rings is 1. The lowest BCUT2D eigenvalue weighted by Crippen LogP contribution is -2.49. The molecule has 140 valence electrons. The molecule has 2 aromatic rings. The minimum atomic E-state index is 0.195. The van der Waals surface area contributed by atoms with E-state index in [1.165, 1.54) is 0 Å². The molecule has 2 heterocycles. The Kier molecular flexibility index (Phi) is 6.28. The van der Waals surface area contributed by atoms with Gasteiger partial charge in [0.1, 0.15) is 11.6 Å². The van der Waals surface area contributed by atoms with Gasteiger partial charge in [0.05, 0.1) is 13.5 Å². The van der Waals surface area contributed by atoms with Crippen molar-refractivity contribution in [1.82, 2.24) is 19.4 Å². The average molecular weight is 356 g/mol. The summed E-state index contributed by atoms with van der Waals surface area (Å²) in [5.74, 6) is 2.13. The molecule has 1 aromatic heterocycles. The third kappa shape index (κ3) is 4.64. The van der Waals surface area contributed by atoms with Crippen molar-refractivity contribution in [3.8, 4) is 5.75 Å². The second-order valence-electron chi connectivity index (χ2n) is 6.64. The molecular formula is C20H28N4O2. The first-order valence-corrected chi connectivity index (χ1v) is 9.32. The van der Waals surface area contributed by atoms with Crippen molar-refractivity contribution < 1.29 is 9.53 Å². The smallest absolute Gasteiger partial charge is 0.227 e. The Labute approximate surface area is 155 Å². The number of carbonyl (C=O) groups is 1. The third-order valence-electron chi connectivity index (χ3n) is 4.99. The number of ether oxygens (including phenoxy) is 1. The number of rotatable bonds is 7. The van der Waals surface area contributed by atoms with Gasteiger partial charge in [0.2, 0.25) is 5.91 Å². The van der Waals surface area contributed by atoms with Crippen molar-refractivity contribution in [1.29, 1.82) is 0 Å². The molecular weight excluding hydrogens is 328 g/mol. The fourth-order valence-corrected chi connectivity index (χ4v) is 3.40. The number of amides is 1. The second-order valence-corrected chi connectivity index (χ2v) is 6.64. The van der Waals surface area contributed by atoms with E-state index in [0.717, 1.165) is 62.8 Å². The van der Waals surface area contributed by atoms with Crippen LogP contribution in [-0.2, 0) is 24.2 Å². The van der Waals surface area contributed by atoms with E-state index in [2.05, 4.69) is 21.4 Å². The number of piperazine rings is 1. The van der Waals surface area contributed by atoms with Crippen LogP contribution >= 0.6 is 0 Å². The molecule has 1 saturated heterocycles. The molecule has 6 heteroatoms. The highest BCUT2D eigenvalue weighted by atomic mass is 16.5. The topological polar surface area (TPSA) is 50.6 Å². The standard InChI is InChI=1S/C20H28N4O2/c1-3-19-21-7-8-23(19)12-9-22-10-13-24(14-11-22)20(25)16-17-5-4-6-18(15-17)26-2/h4-8,15H,3,9-14,16H2,1-2H3. The summed E-state index contributed by atoms with van der Waals surface area (Å²) < 4.78 is 7.45. The van der Waals surface area contributed by atoms with Crippen LogP contribution in [-0.4, -0.2) is 65.1 Å². The largest absolute Gasteiger partial charge is 0.497 e. The van der Waals surface area contributed by atoms with Crippen LogP contribution in [0.4, 0.5) is 0 Å². The molecule has 0 saturated carbocycles. The van der Waals surface area contributed by atoms with Crippen LogP contribution in [0.3, 0.4) is 0 Å². The summed E-state index contributed by atoms with van der Waals surface area (Å²) in [7, 11) is 1.65. The van der Waals surface area contributed by atoms with Crippen molar-refractivity contribution in [2.45, 2.75) is 26.3 Å². The van der Waals surface area contributed by atoms with Gasteiger partial charge in [-0.05, 0) is 17.7 Å². The monoisotopic (exact) mass is 356 g/mol. The Bertz CT molecular complexity index is 720. The molecule has 3 rings (SSSR count). The summed E-state index contributed by atoms with van der Waals surface area (Å²) in [6.07, 6.45) is 5.31. The first-order chi connectivity index (χ1) is 12.7. The summed E-state index contributed by atoms with van der Waals surface area (Å²) in [5.41, 5.74) is 1.00. The van der Waals surface area contributed by atoms with E-state index in [9.17, 15) is 4.79 Å². The molecule has 1 aliphatic rings. The zero-order valence-corrected chi connectivity index (χ0v) is 15.7. The Morgan fingerprint density at radius 2 is 2.00 bits per heavy atom. The van der Waals surface area contributed by atoms with Crippen LogP contribution in [0.15, 0.2) is 36.7 Å². The van der Waals surface area contributed by atoms with Crippen molar-refractivity contribution in [2.24, 2.45) is 0 Å². The van der Waals surface area contributed by atoms with Gasteiger partial charge < -0.3 is 14.2 Å². The summed E-state index contributed by atoms with van der Waals surface area (Å²) >= 11 is 0. The van der Waals surface area contributed by atoms with Crippen molar-refractivity contribution in [2.75, 3.05) is 39.8 Å². The molecule has 0 atom stereocenters. The lowest BCUT2D eigenvalue weighted by atomic mass is 10.1. The van der Waals surface area contributed by atoms with Gasteiger partial charge in [-0.2, -0.15) is 0 Å². The van der Waals surface area contributed by atoms with E-state index in [0.29, 0.717) is 6.42 Å². The summed E-state index contributed by atoms with van der Waals surface area (Å²) in [6.45, 7) is 7.55. The zero-order chi connectivity index (χ0) is 18.4. The van der Waals surface area contributed by atoms with E-state index >= 15 is 0 Å². The average Bonchev–Trinajstić information content (AvgIpc) is 3.14. The van der Waals surface area contributed by atoms with E-state index < -0.39 is 0 Å². The van der Waals surface area contributed by atoms with E-state index in [1.807, 2.05) is 41.6 Å². The predicted octanol–water partition coefficient (Wildman–Crippen LogP) is 1.84. The summed E-state index contributed by atoms with van der Waals surface area (Å²) in [4.78, 5) is 21.3. The van der Waals surface area contributed by atoms with Gasteiger partial charge in [0.25, 0.3) is 0 Å². The Morgan fingerprint density at radius 1 is 1.19 bits per heavy atom. The summed E-state index contributed by atoms with van der Waals surface area (Å²) in [5, 5.41) is 0. The fourth-order valence-electron chi connectivity index (χ4n) is 3.40. The van der Waals surface area contributed by atoms with Gasteiger partial charge in [-0.15, -0.1) is 0 Å². The molecule has 1 amide bonds. The zero-order valence-electron chi connectivity index (χ0n) is 15.7. The summed E-state index contributed by atoms with van der Waals surface area (Å²) in [6, 6.07) is 7.74. The Hall–Kier alpha value is -2.34. The molecule has 0 spiro atoms. The lowest BCUT2D eigenvalue weighted by Gasteiger charge is -2.35. The molecule has 1 aromatic carbocycles. The van der Waals surface area contributed by atoms with Gasteiger partial charge in [0, 0.05) is 58.1 Å². The number of hydrogen-bond acceptors (Lipinski definition) is 4. The molecule has 1 fully saturated rings. The minimum absolute atomic E-state index is 0.195. The highest BCUT2D eigenvalue weighted by Crippen LogP contribution is 2.14. The number of hydrogen-bond donors (Lipinski definition) is 0. The lowest BCUT2D eigenvalue weighted by molar-refractivity contribution is -0.132. The van der Waals surface area contributed by atoms with Crippen LogP contribution in [0.1, 0.15) is 18.3 Å². The molecule has 0 bridgehead atoms. The van der Waals surface area contributed by atoms with E-state index in [-0.39, 0.29) is 5.91 Å². The highest BCUT2D eigenvalue weighted by Gasteiger charge is 2.21. The highest BCUT2D eigenvalue weighted by molar-refractivity contribution is 5.79. The second kappa shape index (κ2) is 8.85. The number of aromatic nitrogens is 2. The van der Waals surface area contributed by atoms with E-state index in [1.54, 1.807) is 7.11 Å². The van der Waals surface area contributed by atoms with Gasteiger partial charge in [-0.1, -0.05) is 19.1 Å². The van der Waals surface area contributed by atoms with Crippen LogP contribution in [0.25, 0.3) is 0 Å². The molecule has 6 nitrogen and oxygen atoms in total. The maximum Gasteiger partial charge on any atom is 0.227 e. The number of methoxy groups -OCH3 is 1. The van der Waals surface area contributed by atoms with Crippen molar-refractivity contribution in [3.63, 3.8) is 0 Å². The number of carbonyl (C=O) groups excluding carboxylic acids is 1. The van der Waals surface area contributed by atoms with Crippen LogP contribution in [0.2, 0.25) is 0 Å². The van der Waals surface area contributed by atoms with Gasteiger partial charge in [0.15, 0.2) is 0 Å². The first kappa shape index (κ1) is 18.5. The number of nitrogens with zero attached hydrogens (tertiary/aromatic N) is 4. The van der Waals surface area contributed by atoms with Gasteiger partial charge in [-0.25, -0.2) is 4.98 Å². The molecule has 1 aliphatic heterocycles. The Morgan fingerprint density at radius 3 is 2.73 bits per heavy atom. The predicted molar refractivity (Wildman–Crippen MR) is 101 cm³/mol. The first-order valence-electron chi connectivity index (χ1n) is 9.32. The van der Waals surface area contributed by atoms with Crippen molar-refractivity contribution >= 4 is 5.91 Å². The number of imidazole rings is 1.